The van der Waals surface area contributed by atoms with Crippen molar-refractivity contribution in [3.8, 4) is 0 Å². The molecular formula is C13H22N2. The van der Waals surface area contributed by atoms with Crippen molar-refractivity contribution in [2.45, 2.75) is 32.7 Å². The van der Waals surface area contributed by atoms with Gasteiger partial charge in [0.15, 0.2) is 0 Å². The molecule has 0 bridgehead atoms. The summed E-state index contributed by atoms with van der Waals surface area (Å²) < 4.78 is 0. The van der Waals surface area contributed by atoms with Crippen LogP contribution in [0.5, 0.6) is 0 Å². The van der Waals surface area contributed by atoms with Crippen molar-refractivity contribution < 1.29 is 0 Å². The number of hydrogen-bond donors (Lipinski definition) is 2. The lowest BCUT2D eigenvalue weighted by Crippen LogP contribution is -2.19. The van der Waals surface area contributed by atoms with Gasteiger partial charge >= 0.3 is 0 Å². The van der Waals surface area contributed by atoms with Crippen LogP contribution >= 0.6 is 0 Å². The number of rotatable bonds is 5. The van der Waals surface area contributed by atoms with Gasteiger partial charge in [-0.05, 0) is 36.4 Å². The molecule has 15 heavy (non-hydrogen) atoms. The number of nitrogens with two attached hydrogens (primary N) is 2. The van der Waals surface area contributed by atoms with Crippen molar-refractivity contribution in [3.63, 3.8) is 0 Å². The summed E-state index contributed by atoms with van der Waals surface area (Å²) in [6, 6.07) is 8.69. The minimum absolute atomic E-state index is 0.120. The van der Waals surface area contributed by atoms with Crippen LogP contribution in [0.25, 0.3) is 0 Å². The molecule has 2 nitrogen and oxygen atoms in total. The Kier molecular flexibility index (Phi) is 4.79. The van der Waals surface area contributed by atoms with Gasteiger partial charge < -0.3 is 11.5 Å². The van der Waals surface area contributed by atoms with Gasteiger partial charge in [0.05, 0.1) is 0 Å². The fourth-order valence-electron chi connectivity index (χ4n) is 1.67. The van der Waals surface area contributed by atoms with E-state index in [1.165, 1.54) is 11.1 Å². The van der Waals surface area contributed by atoms with Gasteiger partial charge in [0.25, 0.3) is 0 Å². The molecule has 0 spiro atoms. The smallest absolute Gasteiger partial charge is 0.0297 e. The molecule has 2 unspecified atom stereocenters. The summed E-state index contributed by atoms with van der Waals surface area (Å²) in [5.74, 6) is 0.492. The Morgan fingerprint density at radius 1 is 1.20 bits per heavy atom. The maximum atomic E-state index is 6.11. The van der Waals surface area contributed by atoms with Crippen LogP contribution in [-0.2, 0) is 6.42 Å². The highest BCUT2D eigenvalue weighted by molar-refractivity contribution is 5.24. The maximum absolute atomic E-state index is 6.11. The average molecular weight is 206 g/mol. The summed E-state index contributed by atoms with van der Waals surface area (Å²) in [6.45, 7) is 5.01. The number of benzene rings is 1. The van der Waals surface area contributed by atoms with E-state index in [9.17, 15) is 0 Å². The average Bonchev–Trinajstić information content (AvgIpc) is 2.29. The molecule has 0 aliphatic carbocycles. The minimum Gasteiger partial charge on any atom is -0.330 e. The van der Waals surface area contributed by atoms with Gasteiger partial charge in [-0.1, -0.05) is 38.1 Å². The van der Waals surface area contributed by atoms with Gasteiger partial charge in [0, 0.05) is 6.04 Å². The largest absolute Gasteiger partial charge is 0.330 e. The second kappa shape index (κ2) is 5.89. The molecular weight excluding hydrogens is 184 g/mol. The quantitative estimate of drug-likeness (QED) is 0.776. The van der Waals surface area contributed by atoms with Crippen LogP contribution in [0.2, 0.25) is 0 Å². The second-order valence-corrected chi connectivity index (χ2v) is 4.28. The van der Waals surface area contributed by atoms with Crippen LogP contribution in [0.1, 0.15) is 37.4 Å². The Morgan fingerprint density at radius 3 is 2.27 bits per heavy atom. The molecule has 0 aliphatic heterocycles. The van der Waals surface area contributed by atoms with Crippen LogP contribution in [0.3, 0.4) is 0 Å². The molecule has 0 saturated carbocycles. The first-order valence-corrected chi connectivity index (χ1v) is 5.71. The zero-order valence-electron chi connectivity index (χ0n) is 9.74. The molecule has 1 rings (SSSR count). The fourth-order valence-corrected chi connectivity index (χ4v) is 1.67. The zero-order valence-corrected chi connectivity index (χ0v) is 9.74. The van der Waals surface area contributed by atoms with Gasteiger partial charge in [-0.25, -0.2) is 0 Å². The Bertz CT molecular complexity index is 279. The van der Waals surface area contributed by atoms with Crippen LogP contribution in [0.4, 0.5) is 0 Å². The second-order valence-electron chi connectivity index (χ2n) is 4.28. The van der Waals surface area contributed by atoms with E-state index in [-0.39, 0.29) is 6.04 Å². The van der Waals surface area contributed by atoms with Crippen molar-refractivity contribution in [1.29, 1.82) is 0 Å². The van der Waals surface area contributed by atoms with E-state index < -0.39 is 0 Å². The molecule has 0 heterocycles. The lowest BCUT2D eigenvalue weighted by Gasteiger charge is -2.16. The summed E-state index contributed by atoms with van der Waals surface area (Å²) >= 11 is 0. The maximum Gasteiger partial charge on any atom is 0.0297 e. The summed E-state index contributed by atoms with van der Waals surface area (Å²) in [5.41, 5.74) is 14.3. The Labute approximate surface area is 92.7 Å². The van der Waals surface area contributed by atoms with Crippen LogP contribution in [0.15, 0.2) is 24.3 Å². The predicted molar refractivity (Wildman–Crippen MR) is 65.6 cm³/mol. The summed E-state index contributed by atoms with van der Waals surface area (Å²) in [7, 11) is 0. The highest BCUT2D eigenvalue weighted by Crippen LogP contribution is 2.18. The standard InChI is InChI=1S/C13H22N2/c1-3-11-4-6-12(7-5-11)13(15)8-10(2)9-14/h4-7,10,13H,3,8-9,14-15H2,1-2H3. The molecule has 1 aromatic carbocycles. The Hall–Kier alpha value is -0.860. The third-order valence-corrected chi connectivity index (χ3v) is 2.87. The van der Waals surface area contributed by atoms with Gasteiger partial charge in [0.2, 0.25) is 0 Å². The minimum atomic E-state index is 0.120. The van der Waals surface area contributed by atoms with Crippen LogP contribution in [0, 0.1) is 5.92 Å². The molecule has 0 amide bonds. The molecule has 0 radical (unpaired) electrons. The van der Waals surface area contributed by atoms with E-state index in [0.717, 1.165) is 12.8 Å². The van der Waals surface area contributed by atoms with Gasteiger partial charge in [-0.3, -0.25) is 0 Å². The number of hydrogen-bond acceptors (Lipinski definition) is 2. The molecule has 84 valence electrons. The molecule has 1 aromatic rings. The van der Waals surface area contributed by atoms with E-state index in [1.807, 2.05) is 0 Å². The lowest BCUT2D eigenvalue weighted by molar-refractivity contribution is 0.482. The van der Waals surface area contributed by atoms with Crippen molar-refractivity contribution >= 4 is 0 Å². The van der Waals surface area contributed by atoms with E-state index in [4.69, 9.17) is 11.5 Å². The molecule has 4 N–H and O–H groups in total. The predicted octanol–water partition coefficient (Wildman–Crippen LogP) is 2.23. The summed E-state index contributed by atoms with van der Waals surface area (Å²) in [5, 5.41) is 0. The third kappa shape index (κ3) is 3.65. The molecule has 2 atom stereocenters. The van der Waals surface area contributed by atoms with Gasteiger partial charge in [-0.2, -0.15) is 0 Å². The van der Waals surface area contributed by atoms with Gasteiger partial charge in [0.1, 0.15) is 0 Å². The van der Waals surface area contributed by atoms with E-state index >= 15 is 0 Å². The monoisotopic (exact) mass is 206 g/mol. The van der Waals surface area contributed by atoms with Crippen molar-refractivity contribution in [2.24, 2.45) is 17.4 Å². The first kappa shape index (κ1) is 12.2. The fraction of sp³-hybridized carbons (Fsp3) is 0.538. The Morgan fingerprint density at radius 2 is 1.80 bits per heavy atom. The molecule has 0 saturated heterocycles. The van der Waals surface area contributed by atoms with E-state index in [2.05, 4.69) is 38.1 Å². The van der Waals surface area contributed by atoms with E-state index in [1.54, 1.807) is 0 Å². The highest BCUT2D eigenvalue weighted by atomic mass is 14.6. The van der Waals surface area contributed by atoms with Crippen LogP contribution < -0.4 is 11.5 Å². The Balaban J connectivity index is 2.61. The van der Waals surface area contributed by atoms with Crippen LogP contribution in [-0.4, -0.2) is 6.54 Å². The molecule has 2 heteroatoms. The van der Waals surface area contributed by atoms with Crippen molar-refractivity contribution in [3.05, 3.63) is 35.4 Å². The first-order valence-electron chi connectivity index (χ1n) is 5.71. The zero-order chi connectivity index (χ0) is 11.3. The SMILES string of the molecule is CCc1ccc(C(N)CC(C)CN)cc1. The molecule has 0 aromatic heterocycles. The molecule has 0 aliphatic rings. The topological polar surface area (TPSA) is 52.0 Å². The van der Waals surface area contributed by atoms with Gasteiger partial charge in [-0.15, -0.1) is 0 Å². The first-order chi connectivity index (χ1) is 7.17. The highest BCUT2D eigenvalue weighted by Gasteiger charge is 2.09. The third-order valence-electron chi connectivity index (χ3n) is 2.87. The van der Waals surface area contributed by atoms with E-state index in [0.29, 0.717) is 12.5 Å². The molecule has 0 fully saturated rings. The lowest BCUT2D eigenvalue weighted by atomic mass is 9.96. The summed E-state index contributed by atoms with van der Waals surface area (Å²) in [4.78, 5) is 0. The van der Waals surface area contributed by atoms with Crippen molar-refractivity contribution in [2.75, 3.05) is 6.54 Å². The van der Waals surface area contributed by atoms with Crippen molar-refractivity contribution in [1.82, 2.24) is 0 Å². The normalized spacial score (nSPS) is 14.9. The summed E-state index contributed by atoms with van der Waals surface area (Å²) in [6.07, 6.45) is 2.04. The number of aryl methyl sites for hydroxylation is 1.